The topological polar surface area (TPSA) is 80.3 Å². The molecule has 134 valence electrons. The number of hydrogen-bond donors (Lipinski definition) is 2. The van der Waals surface area contributed by atoms with Crippen LogP contribution in [0.5, 0.6) is 5.75 Å². The van der Waals surface area contributed by atoms with Crippen LogP contribution in [0.2, 0.25) is 5.02 Å². The number of thiazole rings is 1. The SMILES string of the molecule is COc1ccc(Cl)cc1NC(=O)Cc1csc(NC(=O)c2cccs2)n1. The molecule has 0 fully saturated rings. The molecule has 9 heteroatoms. The largest absolute Gasteiger partial charge is 0.495 e. The van der Waals surface area contributed by atoms with Crippen molar-refractivity contribution in [1.29, 1.82) is 0 Å². The fourth-order valence-electron chi connectivity index (χ4n) is 2.15. The van der Waals surface area contributed by atoms with Crippen LogP contribution >= 0.6 is 34.3 Å². The molecule has 3 rings (SSSR count). The zero-order valence-corrected chi connectivity index (χ0v) is 16.0. The van der Waals surface area contributed by atoms with Crippen LogP contribution in [0.4, 0.5) is 10.8 Å². The molecular weight excluding hydrogens is 394 g/mol. The van der Waals surface area contributed by atoms with Gasteiger partial charge in [-0.15, -0.1) is 22.7 Å². The third-order valence-electron chi connectivity index (χ3n) is 3.29. The van der Waals surface area contributed by atoms with Gasteiger partial charge < -0.3 is 10.1 Å². The zero-order valence-electron chi connectivity index (χ0n) is 13.6. The number of ether oxygens (including phenoxy) is 1. The number of rotatable bonds is 6. The Kier molecular flexibility index (Phi) is 5.87. The summed E-state index contributed by atoms with van der Waals surface area (Å²) in [4.78, 5) is 29.1. The predicted octanol–water partition coefficient (Wildman–Crippen LogP) is 4.30. The Balaban J connectivity index is 1.61. The summed E-state index contributed by atoms with van der Waals surface area (Å²) in [6.07, 6.45) is 0.0705. The molecule has 26 heavy (non-hydrogen) atoms. The van der Waals surface area contributed by atoms with Gasteiger partial charge in [0, 0.05) is 10.4 Å². The molecule has 0 aliphatic heterocycles. The van der Waals surface area contributed by atoms with Crippen LogP contribution < -0.4 is 15.4 Å². The number of methoxy groups -OCH3 is 1. The van der Waals surface area contributed by atoms with E-state index in [4.69, 9.17) is 16.3 Å². The lowest BCUT2D eigenvalue weighted by Gasteiger charge is -2.10. The van der Waals surface area contributed by atoms with Crippen molar-refractivity contribution in [2.75, 3.05) is 17.7 Å². The number of aromatic nitrogens is 1. The molecule has 1 aromatic carbocycles. The van der Waals surface area contributed by atoms with E-state index in [1.807, 2.05) is 5.38 Å². The second-order valence-electron chi connectivity index (χ2n) is 5.14. The lowest BCUT2D eigenvalue weighted by molar-refractivity contribution is -0.115. The van der Waals surface area contributed by atoms with Gasteiger partial charge in [-0.05, 0) is 29.6 Å². The first kappa shape index (κ1) is 18.4. The van der Waals surface area contributed by atoms with Gasteiger partial charge in [-0.1, -0.05) is 17.7 Å². The first-order valence-corrected chi connectivity index (χ1v) is 9.61. The van der Waals surface area contributed by atoms with Gasteiger partial charge in [0.1, 0.15) is 5.75 Å². The Hall–Kier alpha value is -2.42. The lowest BCUT2D eigenvalue weighted by Crippen LogP contribution is -2.15. The van der Waals surface area contributed by atoms with Gasteiger partial charge in [-0.25, -0.2) is 4.98 Å². The third kappa shape index (κ3) is 4.60. The van der Waals surface area contributed by atoms with Crippen molar-refractivity contribution in [2.45, 2.75) is 6.42 Å². The number of nitrogens with zero attached hydrogens (tertiary/aromatic N) is 1. The molecule has 0 saturated carbocycles. The number of carbonyl (C=O) groups is 2. The number of halogens is 1. The summed E-state index contributed by atoms with van der Waals surface area (Å²) in [7, 11) is 1.52. The van der Waals surface area contributed by atoms with Crippen molar-refractivity contribution in [3.8, 4) is 5.75 Å². The van der Waals surface area contributed by atoms with E-state index in [0.29, 0.717) is 32.2 Å². The number of anilines is 2. The molecule has 0 atom stereocenters. The maximum Gasteiger partial charge on any atom is 0.267 e. The molecule has 0 radical (unpaired) electrons. The highest BCUT2D eigenvalue weighted by Crippen LogP contribution is 2.28. The summed E-state index contributed by atoms with van der Waals surface area (Å²) in [5.74, 6) is 0.0472. The summed E-state index contributed by atoms with van der Waals surface area (Å²) in [5.41, 5.74) is 1.06. The van der Waals surface area contributed by atoms with Gasteiger partial charge in [0.05, 0.1) is 29.8 Å². The zero-order chi connectivity index (χ0) is 18.5. The smallest absolute Gasteiger partial charge is 0.267 e. The molecule has 2 amide bonds. The molecule has 0 spiro atoms. The van der Waals surface area contributed by atoms with Crippen molar-refractivity contribution in [3.63, 3.8) is 0 Å². The van der Waals surface area contributed by atoms with E-state index in [0.717, 1.165) is 0 Å². The predicted molar refractivity (Wildman–Crippen MR) is 105 cm³/mol. The second-order valence-corrected chi connectivity index (χ2v) is 7.39. The van der Waals surface area contributed by atoms with E-state index < -0.39 is 0 Å². The van der Waals surface area contributed by atoms with Gasteiger partial charge >= 0.3 is 0 Å². The summed E-state index contributed by atoms with van der Waals surface area (Å²) < 4.78 is 5.20. The first-order valence-electron chi connectivity index (χ1n) is 7.48. The van der Waals surface area contributed by atoms with Crippen molar-refractivity contribution in [1.82, 2.24) is 4.98 Å². The highest BCUT2D eigenvalue weighted by molar-refractivity contribution is 7.14. The summed E-state index contributed by atoms with van der Waals surface area (Å²) >= 11 is 8.58. The third-order valence-corrected chi connectivity index (χ3v) is 5.20. The summed E-state index contributed by atoms with van der Waals surface area (Å²) in [6.45, 7) is 0. The van der Waals surface area contributed by atoms with E-state index in [1.54, 1.807) is 35.7 Å². The molecule has 0 bridgehead atoms. The van der Waals surface area contributed by atoms with Crippen molar-refractivity contribution >= 4 is 56.9 Å². The van der Waals surface area contributed by atoms with Crippen molar-refractivity contribution < 1.29 is 14.3 Å². The molecular formula is C17H14ClN3O3S2. The number of thiophene rings is 1. The average molecular weight is 408 g/mol. The highest BCUT2D eigenvalue weighted by atomic mass is 35.5. The number of benzene rings is 1. The Labute approximate surface area is 162 Å². The lowest BCUT2D eigenvalue weighted by atomic mass is 10.2. The fourth-order valence-corrected chi connectivity index (χ4v) is 3.65. The molecule has 0 unspecified atom stereocenters. The molecule has 2 N–H and O–H groups in total. The number of amides is 2. The molecule has 0 aliphatic carbocycles. The normalized spacial score (nSPS) is 10.4. The minimum absolute atomic E-state index is 0.0705. The van der Waals surface area contributed by atoms with Gasteiger partial charge in [0.15, 0.2) is 5.13 Å². The van der Waals surface area contributed by atoms with Crippen molar-refractivity contribution in [3.05, 3.63) is 56.7 Å². The minimum atomic E-state index is -0.257. The van der Waals surface area contributed by atoms with Crippen LogP contribution in [-0.4, -0.2) is 23.9 Å². The Morgan fingerprint density at radius 1 is 1.23 bits per heavy atom. The van der Waals surface area contributed by atoms with Gasteiger partial charge in [-0.2, -0.15) is 0 Å². The fraction of sp³-hybridized carbons (Fsp3) is 0.118. The molecule has 2 aromatic heterocycles. The van der Waals surface area contributed by atoms with Gasteiger partial charge in [-0.3, -0.25) is 14.9 Å². The molecule has 0 aliphatic rings. The molecule has 2 heterocycles. The average Bonchev–Trinajstić information content (AvgIpc) is 3.27. The molecule has 6 nitrogen and oxygen atoms in total. The van der Waals surface area contributed by atoms with E-state index >= 15 is 0 Å². The Morgan fingerprint density at radius 2 is 2.08 bits per heavy atom. The summed E-state index contributed by atoms with van der Waals surface area (Å²) in [6, 6.07) is 8.52. The minimum Gasteiger partial charge on any atom is -0.495 e. The van der Waals surface area contributed by atoms with E-state index in [2.05, 4.69) is 15.6 Å². The quantitative estimate of drug-likeness (QED) is 0.638. The summed E-state index contributed by atoms with van der Waals surface area (Å²) in [5, 5.41) is 9.99. The maximum absolute atomic E-state index is 12.2. The maximum atomic E-state index is 12.2. The first-order chi connectivity index (χ1) is 12.5. The van der Waals surface area contributed by atoms with E-state index in [-0.39, 0.29) is 18.2 Å². The highest BCUT2D eigenvalue weighted by Gasteiger charge is 2.13. The van der Waals surface area contributed by atoms with Gasteiger partial charge in [0.25, 0.3) is 5.91 Å². The van der Waals surface area contributed by atoms with Crippen LogP contribution in [0, 0.1) is 0 Å². The second kappa shape index (κ2) is 8.31. The number of carbonyl (C=O) groups excluding carboxylic acids is 2. The van der Waals surface area contributed by atoms with Crippen LogP contribution in [0.25, 0.3) is 0 Å². The van der Waals surface area contributed by atoms with Crippen LogP contribution in [0.3, 0.4) is 0 Å². The standard InChI is InChI=1S/C17H14ClN3O3S2/c1-24-13-5-4-10(18)7-12(13)20-15(22)8-11-9-26-17(19-11)21-16(23)14-3-2-6-25-14/h2-7,9H,8H2,1H3,(H,20,22)(H,19,21,23). The van der Waals surface area contributed by atoms with Crippen LogP contribution in [-0.2, 0) is 11.2 Å². The monoisotopic (exact) mass is 407 g/mol. The molecule has 0 saturated heterocycles. The Morgan fingerprint density at radius 3 is 2.81 bits per heavy atom. The molecule has 3 aromatic rings. The van der Waals surface area contributed by atoms with E-state index in [1.165, 1.54) is 29.8 Å². The van der Waals surface area contributed by atoms with Crippen molar-refractivity contribution in [2.24, 2.45) is 0 Å². The number of hydrogen-bond acceptors (Lipinski definition) is 6. The Bertz CT molecular complexity index is 925. The van der Waals surface area contributed by atoms with Crippen LogP contribution in [0.15, 0.2) is 41.1 Å². The van der Waals surface area contributed by atoms with Gasteiger partial charge in [0.2, 0.25) is 5.91 Å². The van der Waals surface area contributed by atoms with Crippen LogP contribution in [0.1, 0.15) is 15.4 Å². The number of nitrogens with one attached hydrogen (secondary N) is 2. The van der Waals surface area contributed by atoms with E-state index in [9.17, 15) is 9.59 Å².